The van der Waals surface area contributed by atoms with Gasteiger partial charge in [0.1, 0.15) is 11.3 Å². The van der Waals surface area contributed by atoms with Gasteiger partial charge in [-0.1, -0.05) is 43.0 Å². The Kier molecular flexibility index (Phi) is 9.69. The van der Waals surface area contributed by atoms with E-state index in [1.807, 2.05) is 12.2 Å². The van der Waals surface area contributed by atoms with Crippen LogP contribution in [-0.2, 0) is 28.7 Å². The summed E-state index contributed by atoms with van der Waals surface area (Å²) in [6.45, 7) is 4.31. The van der Waals surface area contributed by atoms with Crippen molar-refractivity contribution < 1.29 is 32.2 Å². The van der Waals surface area contributed by atoms with E-state index in [9.17, 15) is 22.8 Å². The lowest BCUT2D eigenvalue weighted by molar-refractivity contribution is -0.137. The number of aromatic nitrogens is 2. The van der Waals surface area contributed by atoms with Crippen molar-refractivity contribution in [3.63, 3.8) is 0 Å². The van der Waals surface area contributed by atoms with Gasteiger partial charge >= 0.3 is 6.18 Å². The zero-order valence-corrected chi connectivity index (χ0v) is 24.1. The first kappa shape index (κ1) is 31.1. The van der Waals surface area contributed by atoms with Gasteiger partial charge in [-0.05, 0) is 66.1 Å². The zero-order chi connectivity index (χ0) is 31.8. The minimum Gasteiger partial charge on any atom is -0.493 e. The number of alkyl halides is 3. The molecule has 2 N–H and O–H groups in total. The molecule has 5 rings (SSSR count). The van der Waals surface area contributed by atoms with Gasteiger partial charge in [-0.25, -0.2) is 9.97 Å². The molecule has 0 saturated heterocycles. The molecule has 0 spiro atoms. The van der Waals surface area contributed by atoms with Crippen molar-refractivity contribution in [3.8, 4) is 17.0 Å². The van der Waals surface area contributed by atoms with Gasteiger partial charge in [-0.3, -0.25) is 9.59 Å². The topological polar surface area (TPSA) is 102 Å². The van der Waals surface area contributed by atoms with Gasteiger partial charge in [0.25, 0.3) is 5.91 Å². The lowest BCUT2D eigenvalue weighted by Crippen LogP contribution is -2.13. The van der Waals surface area contributed by atoms with Gasteiger partial charge in [0.05, 0.1) is 25.5 Å². The monoisotopic (exact) mass is 614 g/mol. The number of amides is 1. The number of carbonyl (C=O) groups is 2. The van der Waals surface area contributed by atoms with E-state index in [4.69, 9.17) is 9.47 Å². The van der Waals surface area contributed by atoms with Crippen LogP contribution >= 0.6 is 0 Å². The summed E-state index contributed by atoms with van der Waals surface area (Å²) in [6, 6.07) is 18.1. The molecular formula is C34H29F3N4O4. The van der Waals surface area contributed by atoms with Gasteiger partial charge in [-0.2, -0.15) is 13.2 Å². The Balaban J connectivity index is 1.50. The number of nitrogens with zero attached hydrogens (tertiary/aromatic N) is 2. The Labute approximate surface area is 257 Å². The summed E-state index contributed by atoms with van der Waals surface area (Å²) in [6.07, 6.45) is 1.70. The van der Waals surface area contributed by atoms with Crippen LogP contribution in [-0.4, -0.2) is 34.9 Å². The Morgan fingerprint density at radius 3 is 2.71 bits per heavy atom. The van der Waals surface area contributed by atoms with E-state index in [0.717, 1.165) is 6.20 Å². The quantitative estimate of drug-likeness (QED) is 0.180. The number of hydrogen-bond acceptors (Lipinski definition) is 7. The van der Waals surface area contributed by atoms with Gasteiger partial charge in [-0.15, -0.1) is 0 Å². The van der Waals surface area contributed by atoms with E-state index in [-0.39, 0.29) is 36.0 Å². The fraction of sp³-hybridized carbons (Fsp3) is 0.176. The first-order chi connectivity index (χ1) is 21.7. The third-order valence-electron chi connectivity index (χ3n) is 6.71. The number of anilines is 3. The van der Waals surface area contributed by atoms with Gasteiger partial charge in [0.15, 0.2) is 5.78 Å². The maximum atomic E-state index is 14.0. The number of hydrogen-bond donors (Lipinski definition) is 2. The average molecular weight is 615 g/mol. The summed E-state index contributed by atoms with van der Waals surface area (Å²) in [5.74, 6) is -0.258. The standard InChI is InChI=1S/C34H29F3N4O4/c1-2-28(42)17-22-8-6-10-25(14-22)32(43)39-26-15-23-16-27(19-26)40-33-38-20-30(34(35,36)37)31(41-33)24-9-7-11-29(18-24)45-13-5-3-4-12-44-21-23/h2-4,6-11,14-16,18-20H,1,5,12-13,17,21H2,(H,39,43)(H,38,40,41)/b4-3+. The number of ether oxygens (including phenoxy) is 2. The van der Waals surface area contributed by atoms with Crippen molar-refractivity contribution in [2.75, 3.05) is 23.8 Å². The van der Waals surface area contributed by atoms with Crippen molar-refractivity contribution in [1.82, 2.24) is 9.97 Å². The molecule has 1 aliphatic heterocycles. The van der Waals surface area contributed by atoms with Crippen LogP contribution in [0.4, 0.5) is 30.5 Å². The molecule has 0 aliphatic carbocycles. The summed E-state index contributed by atoms with van der Waals surface area (Å²) in [7, 11) is 0. The number of halogens is 3. The molecule has 230 valence electrons. The number of carbonyl (C=O) groups excluding carboxylic acids is 2. The number of ketones is 1. The SMILES string of the molecule is C=CC(=O)Cc1cccc(C(=O)Nc2cc3cc(c2)Nc2ncc(C(F)(F)F)c(n2)-c2cccc(c2)OCC/C=C/COC3)c1. The van der Waals surface area contributed by atoms with Crippen LogP contribution in [0, 0.1) is 0 Å². The van der Waals surface area contributed by atoms with Crippen LogP contribution in [0.15, 0.2) is 97.7 Å². The van der Waals surface area contributed by atoms with Crippen molar-refractivity contribution in [2.24, 2.45) is 0 Å². The average Bonchev–Trinajstić information content (AvgIpc) is 3.01. The Bertz CT molecular complexity index is 1750. The van der Waals surface area contributed by atoms with Gasteiger partial charge < -0.3 is 20.1 Å². The highest BCUT2D eigenvalue weighted by molar-refractivity contribution is 6.05. The van der Waals surface area contributed by atoms with Crippen LogP contribution in [0.5, 0.6) is 5.75 Å². The van der Waals surface area contributed by atoms with Crippen molar-refractivity contribution >= 4 is 29.0 Å². The maximum Gasteiger partial charge on any atom is 0.419 e. The summed E-state index contributed by atoms with van der Waals surface area (Å²) in [5, 5.41) is 5.83. The minimum absolute atomic E-state index is 0.0803. The molecule has 0 atom stereocenters. The number of benzene rings is 3. The summed E-state index contributed by atoms with van der Waals surface area (Å²) in [4.78, 5) is 33.2. The lowest BCUT2D eigenvalue weighted by Gasteiger charge is -2.16. The summed E-state index contributed by atoms with van der Waals surface area (Å²) >= 11 is 0. The number of nitrogens with one attached hydrogen (secondary N) is 2. The molecule has 2 heterocycles. The third-order valence-corrected chi connectivity index (χ3v) is 6.71. The molecule has 45 heavy (non-hydrogen) atoms. The Morgan fingerprint density at radius 1 is 1.04 bits per heavy atom. The fourth-order valence-electron chi connectivity index (χ4n) is 4.63. The number of allylic oxidation sites excluding steroid dienone is 1. The first-order valence-corrected chi connectivity index (χ1v) is 14.0. The molecule has 1 amide bonds. The molecule has 8 nitrogen and oxygen atoms in total. The largest absolute Gasteiger partial charge is 0.493 e. The molecule has 0 saturated carbocycles. The molecule has 1 aliphatic rings. The van der Waals surface area contributed by atoms with Crippen LogP contribution in [0.25, 0.3) is 11.3 Å². The Morgan fingerprint density at radius 2 is 1.89 bits per heavy atom. The molecule has 6 bridgehead atoms. The summed E-state index contributed by atoms with van der Waals surface area (Å²) < 4.78 is 53.5. The molecule has 11 heteroatoms. The van der Waals surface area contributed by atoms with Crippen molar-refractivity contribution in [1.29, 1.82) is 0 Å². The van der Waals surface area contributed by atoms with Crippen LogP contribution in [0.3, 0.4) is 0 Å². The highest BCUT2D eigenvalue weighted by atomic mass is 19.4. The molecule has 0 fully saturated rings. The second-order valence-corrected chi connectivity index (χ2v) is 10.2. The zero-order valence-electron chi connectivity index (χ0n) is 24.1. The van der Waals surface area contributed by atoms with Crippen LogP contribution in [0.1, 0.15) is 33.5 Å². The molecule has 0 unspecified atom stereocenters. The minimum atomic E-state index is -4.70. The molecule has 1 aromatic heterocycles. The van der Waals surface area contributed by atoms with E-state index in [1.165, 1.54) is 18.2 Å². The van der Waals surface area contributed by atoms with Crippen LogP contribution < -0.4 is 15.4 Å². The highest BCUT2D eigenvalue weighted by Gasteiger charge is 2.35. The van der Waals surface area contributed by atoms with Gasteiger partial charge in [0, 0.05) is 35.1 Å². The highest BCUT2D eigenvalue weighted by Crippen LogP contribution is 2.37. The van der Waals surface area contributed by atoms with Crippen molar-refractivity contribution in [3.05, 3.63) is 120 Å². The Hall–Kier alpha value is -5.29. The molecule has 0 radical (unpaired) electrons. The number of fused-ring (bicyclic) bond motifs is 7. The first-order valence-electron chi connectivity index (χ1n) is 14.0. The van der Waals surface area contributed by atoms with Gasteiger partial charge in [0.2, 0.25) is 5.95 Å². The maximum absolute atomic E-state index is 14.0. The normalized spacial score (nSPS) is 14.1. The molecule has 4 aromatic rings. The molecule has 3 aromatic carbocycles. The van der Waals surface area contributed by atoms with E-state index >= 15 is 0 Å². The second kappa shape index (κ2) is 14.0. The number of rotatable bonds is 5. The van der Waals surface area contributed by atoms with E-state index in [2.05, 4.69) is 27.2 Å². The smallest absolute Gasteiger partial charge is 0.419 e. The summed E-state index contributed by atoms with van der Waals surface area (Å²) in [5.41, 5.74) is 1.41. The van der Waals surface area contributed by atoms with E-state index in [0.29, 0.717) is 53.4 Å². The van der Waals surface area contributed by atoms with E-state index in [1.54, 1.807) is 54.6 Å². The fourth-order valence-corrected chi connectivity index (χ4v) is 4.63. The molecular weight excluding hydrogens is 585 g/mol. The second-order valence-electron chi connectivity index (χ2n) is 10.2. The van der Waals surface area contributed by atoms with Crippen LogP contribution in [0.2, 0.25) is 0 Å². The van der Waals surface area contributed by atoms with Crippen molar-refractivity contribution in [2.45, 2.75) is 25.6 Å². The van der Waals surface area contributed by atoms with E-state index < -0.39 is 17.6 Å². The predicted octanol–water partition coefficient (Wildman–Crippen LogP) is 7.31. The third kappa shape index (κ3) is 8.42. The lowest BCUT2D eigenvalue weighted by atomic mass is 10.1. The predicted molar refractivity (Wildman–Crippen MR) is 164 cm³/mol.